The van der Waals surface area contributed by atoms with E-state index in [1.165, 1.54) is 6.42 Å². The van der Waals surface area contributed by atoms with Crippen LogP contribution >= 0.6 is 12.6 Å². The molecule has 1 aliphatic carbocycles. The topological polar surface area (TPSA) is 26.3 Å². The molecule has 0 N–H and O–H groups in total. The Labute approximate surface area is 122 Å². The first-order valence-electron chi connectivity index (χ1n) is 7.44. The van der Waals surface area contributed by atoms with E-state index in [2.05, 4.69) is 36.9 Å². The van der Waals surface area contributed by atoms with Crippen molar-refractivity contribution in [1.29, 1.82) is 0 Å². The highest BCUT2D eigenvalue weighted by Crippen LogP contribution is 2.17. The van der Waals surface area contributed by atoms with E-state index in [0.29, 0.717) is 18.9 Å². The lowest BCUT2D eigenvalue weighted by Crippen LogP contribution is -2.05. The third-order valence-electron chi connectivity index (χ3n) is 3.31. The van der Waals surface area contributed by atoms with Crippen LogP contribution in [0.3, 0.4) is 0 Å². The average Bonchev–Trinajstić information content (AvgIpc) is 2.92. The lowest BCUT2D eigenvalue weighted by atomic mass is 10.0. The zero-order chi connectivity index (χ0) is 13.8. The molecule has 3 heteroatoms. The summed E-state index contributed by atoms with van der Waals surface area (Å²) in [5, 5.41) is 0. The highest BCUT2D eigenvalue weighted by atomic mass is 32.1. The van der Waals surface area contributed by atoms with Gasteiger partial charge in [0, 0.05) is 6.42 Å². The van der Waals surface area contributed by atoms with Crippen LogP contribution < -0.4 is 0 Å². The van der Waals surface area contributed by atoms with Crippen LogP contribution in [0.2, 0.25) is 0 Å². The van der Waals surface area contributed by atoms with E-state index in [0.717, 1.165) is 44.3 Å². The van der Waals surface area contributed by atoms with Gasteiger partial charge < -0.3 is 4.74 Å². The number of rotatable bonds is 11. The molecule has 0 fully saturated rings. The molecule has 0 bridgehead atoms. The predicted octanol–water partition coefficient (Wildman–Crippen LogP) is 4.32. The molecular weight excluding hydrogens is 256 g/mol. The van der Waals surface area contributed by atoms with Crippen LogP contribution in [-0.2, 0) is 9.53 Å². The molecule has 0 aliphatic heterocycles. The van der Waals surface area contributed by atoms with Crippen molar-refractivity contribution in [2.45, 2.75) is 51.4 Å². The second kappa shape index (κ2) is 11.2. The van der Waals surface area contributed by atoms with Gasteiger partial charge in [0.2, 0.25) is 0 Å². The number of ether oxygens (including phenoxy) is 1. The summed E-state index contributed by atoms with van der Waals surface area (Å²) in [5.74, 6) is 1.50. The summed E-state index contributed by atoms with van der Waals surface area (Å²) < 4.78 is 5.21. The molecule has 0 unspecified atom stereocenters. The minimum atomic E-state index is -0.0355. The van der Waals surface area contributed by atoms with Crippen molar-refractivity contribution in [2.75, 3.05) is 12.4 Å². The van der Waals surface area contributed by atoms with Crippen LogP contribution in [0.25, 0.3) is 0 Å². The van der Waals surface area contributed by atoms with E-state index in [1.54, 1.807) is 0 Å². The monoisotopic (exact) mass is 282 g/mol. The molecule has 0 saturated heterocycles. The van der Waals surface area contributed by atoms with Crippen molar-refractivity contribution >= 4 is 18.6 Å². The second-order valence-electron chi connectivity index (χ2n) is 5.04. The van der Waals surface area contributed by atoms with Crippen LogP contribution in [0.5, 0.6) is 0 Å². The molecule has 0 atom stereocenters. The zero-order valence-electron chi connectivity index (χ0n) is 11.7. The summed E-state index contributed by atoms with van der Waals surface area (Å²) in [7, 11) is 0. The molecule has 19 heavy (non-hydrogen) atoms. The fraction of sp³-hybridized carbons (Fsp3) is 0.688. The second-order valence-corrected chi connectivity index (χ2v) is 5.48. The van der Waals surface area contributed by atoms with Gasteiger partial charge in [-0.2, -0.15) is 12.6 Å². The summed E-state index contributed by atoms with van der Waals surface area (Å²) in [5.41, 5.74) is 0. The Balaban J connectivity index is 1.85. The SMILES string of the molecule is O=C(CCCCC1C=CC=C1)OCCCCCCS. The number of hydrogen-bond donors (Lipinski definition) is 1. The number of unbranched alkanes of at least 4 members (excludes halogenated alkanes) is 4. The fourth-order valence-electron chi connectivity index (χ4n) is 2.15. The van der Waals surface area contributed by atoms with Crippen molar-refractivity contribution in [3.63, 3.8) is 0 Å². The van der Waals surface area contributed by atoms with E-state index < -0.39 is 0 Å². The first-order valence-corrected chi connectivity index (χ1v) is 8.07. The molecule has 0 amide bonds. The van der Waals surface area contributed by atoms with E-state index in [1.807, 2.05) is 0 Å². The smallest absolute Gasteiger partial charge is 0.305 e. The first-order chi connectivity index (χ1) is 9.33. The number of allylic oxidation sites excluding steroid dienone is 4. The Morgan fingerprint density at radius 2 is 1.74 bits per heavy atom. The van der Waals surface area contributed by atoms with Gasteiger partial charge in [-0.25, -0.2) is 0 Å². The number of hydrogen-bond acceptors (Lipinski definition) is 3. The van der Waals surface area contributed by atoms with Crippen molar-refractivity contribution in [3.05, 3.63) is 24.3 Å². The lowest BCUT2D eigenvalue weighted by Gasteiger charge is -2.06. The highest BCUT2D eigenvalue weighted by Gasteiger charge is 2.06. The van der Waals surface area contributed by atoms with E-state index in [4.69, 9.17) is 4.74 Å². The minimum absolute atomic E-state index is 0.0355. The Morgan fingerprint density at radius 3 is 2.47 bits per heavy atom. The standard InChI is InChI=1S/C16H26O2S/c17-16(18-13-7-1-2-8-14-19)12-6-5-11-15-9-3-4-10-15/h3-4,9-10,15,19H,1-2,5-8,11-14H2. The van der Waals surface area contributed by atoms with Gasteiger partial charge in [0.15, 0.2) is 0 Å². The number of esters is 1. The maximum atomic E-state index is 11.5. The highest BCUT2D eigenvalue weighted by molar-refractivity contribution is 7.80. The zero-order valence-corrected chi connectivity index (χ0v) is 12.6. The summed E-state index contributed by atoms with van der Waals surface area (Å²) in [6, 6.07) is 0. The molecule has 0 aromatic carbocycles. The number of thiol groups is 1. The molecule has 2 nitrogen and oxygen atoms in total. The Bertz CT molecular complexity index is 285. The molecule has 0 radical (unpaired) electrons. The molecule has 108 valence electrons. The third-order valence-corrected chi connectivity index (χ3v) is 3.63. The Kier molecular flexibility index (Phi) is 9.60. The molecule has 0 aromatic rings. The number of carbonyl (C=O) groups is 1. The summed E-state index contributed by atoms with van der Waals surface area (Å²) in [4.78, 5) is 11.5. The Hall–Kier alpha value is -0.700. The van der Waals surface area contributed by atoms with Gasteiger partial charge in [0.05, 0.1) is 6.61 Å². The van der Waals surface area contributed by atoms with E-state index in [9.17, 15) is 4.79 Å². The molecule has 1 rings (SSSR count). The molecule has 0 spiro atoms. The van der Waals surface area contributed by atoms with Gasteiger partial charge in [0.25, 0.3) is 0 Å². The molecule has 0 heterocycles. The van der Waals surface area contributed by atoms with Crippen LogP contribution in [0, 0.1) is 5.92 Å². The molecular formula is C16H26O2S. The van der Waals surface area contributed by atoms with Gasteiger partial charge in [-0.15, -0.1) is 0 Å². The van der Waals surface area contributed by atoms with Gasteiger partial charge in [0.1, 0.15) is 0 Å². The third kappa shape index (κ3) is 8.93. The summed E-state index contributed by atoms with van der Waals surface area (Å²) in [6.45, 7) is 0.583. The quantitative estimate of drug-likeness (QED) is 0.347. The van der Waals surface area contributed by atoms with Crippen LogP contribution in [0.15, 0.2) is 24.3 Å². The minimum Gasteiger partial charge on any atom is -0.466 e. The largest absolute Gasteiger partial charge is 0.466 e. The first kappa shape index (κ1) is 16.4. The average molecular weight is 282 g/mol. The Morgan fingerprint density at radius 1 is 1.00 bits per heavy atom. The van der Waals surface area contributed by atoms with Gasteiger partial charge in [-0.05, 0) is 37.4 Å². The number of carbonyl (C=O) groups excluding carboxylic acids is 1. The molecule has 1 aliphatic rings. The van der Waals surface area contributed by atoms with Crippen LogP contribution in [-0.4, -0.2) is 18.3 Å². The predicted molar refractivity (Wildman–Crippen MR) is 83.5 cm³/mol. The van der Waals surface area contributed by atoms with E-state index >= 15 is 0 Å². The maximum Gasteiger partial charge on any atom is 0.305 e. The van der Waals surface area contributed by atoms with E-state index in [-0.39, 0.29) is 5.97 Å². The maximum absolute atomic E-state index is 11.5. The fourth-order valence-corrected chi connectivity index (χ4v) is 2.37. The molecule has 0 saturated carbocycles. The lowest BCUT2D eigenvalue weighted by molar-refractivity contribution is -0.143. The van der Waals surface area contributed by atoms with Crippen molar-refractivity contribution < 1.29 is 9.53 Å². The molecule has 0 aromatic heterocycles. The van der Waals surface area contributed by atoms with Crippen molar-refractivity contribution in [1.82, 2.24) is 0 Å². The van der Waals surface area contributed by atoms with Gasteiger partial charge >= 0.3 is 5.97 Å². The normalized spacial score (nSPS) is 14.2. The van der Waals surface area contributed by atoms with Gasteiger partial charge in [-0.3, -0.25) is 4.79 Å². The van der Waals surface area contributed by atoms with Gasteiger partial charge in [-0.1, -0.05) is 43.6 Å². The van der Waals surface area contributed by atoms with Crippen LogP contribution in [0.1, 0.15) is 51.4 Å². The van der Waals surface area contributed by atoms with Crippen molar-refractivity contribution in [2.24, 2.45) is 5.92 Å². The van der Waals surface area contributed by atoms with Crippen LogP contribution in [0.4, 0.5) is 0 Å². The summed E-state index contributed by atoms with van der Waals surface area (Å²) >= 11 is 4.16. The summed E-state index contributed by atoms with van der Waals surface area (Å²) in [6.07, 6.45) is 16.8. The van der Waals surface area contributed by atoms with Crippen molar-refractivity contribution in [3.8, 4) is 0 Å².